The third kappa shape index (κ3) is 4.17. The van der Waals surface area contributed by atoms with Crippen LogP contribution in [-0.4, -0.2) is 81.0 Å². The molecule has 34 heavy (non-hydrogen) atoms. The molecule has 3 unspecified atom stereocenters. The number of nitrogens with zero attached hydrogens (tertiary/aromatic N) is 6. The third-order valence-corrected chi connectivity index (χ3v) is 8.24. The molecule has 0 radical (unpaired) electrons. The van der Waals surface area contributed by atoms with Crippen LogP contribution in [0.1, 0.15) is 29.8 Å². The number of likely N-dealkylation sites (tertiary alicyclic amines) is 1. The molecule has 1 aromatic carbocycles. The van der Waals surface area contributed by atoms with E-state index in [0.29, 0.717) is 36.9 Å². The summed E-state index contributed by atoms with van der Waals surface area (Å²) in [4.78, 5) is 13.4. The van der Waals surface area contributed by atoms with Crippen LogP contribution in [0.25, 0.3) is 16.7 Å². The van der Waals surface area contributed by atoms with Crippen molar-refractivity contribution in [3.8, 4) is 5.82 Å². The first kappa shape index (κ1) is 23.8. The van der Waals surface area contributed by atoms with E-state index in [4.69, 9.17) is 10.7 Å². The summed E-state index contributed by atoms with van der Waals surface area (Å²) in [6.07, 6.45) is 1.91. The number of rotatable bonds is 5. The fourth-order valence-electron chi connectivity index (χ4n) is 5.39. The fraction of sp³-hybridized carbons (Fsp3) is 0.542. The quantitative estimate of drug-likeness (QED) is 0.566. The minimum absolute atomic E-state index is 0.339. The topological polar surface area (TPSA) is 70.3 Å². The van der Waals surface area contributed by atoms with Crippen molar-refractivity contribution in [2.75, 3.05) is 43.9 Å². The summed E-state index contributed by atoms with van der Waals surface area (Å²) in [5.74, 6) is 2.59. The maximum absolute atomic E-state index is 15.7. The van der Waals surface area contributed by atoms with Crippen LogP contribution < -0.4 is 4.90 Å². The van der Waals surface area contributed by atoms with Crippen LogP contribution >= 0.6 is 21.7 Å². The van der Waals surface area contributed by atoms with E-state index in [1.54, 1.807) is 0 Å². The van der Waals surface area contributed by atoms with Crippen molar-refractivity contribution >= 4 is 38.4 Å². The zero-order chi connectivity index (χ0) is 24.0. The lowest BCUT2D eigenvalue weighted by atomic mass is 9.71. The molecule has 2 saturated heterocycles. The highest BCUT2D eigenvalue weighted by Gasteiger charge is 2.45. The van der Waals surface area contributed by atoms with Crippen molar-refractivity contribution in [1.82, 2.24) is 24.6 Å². The Morgan fingerprint density at radius 1 is 1.18 bits per heavy atom. The summed E-state index contributed by atoms with van der Waals surface area (Å²) >= 11 is 0. The van der Waals surface area contributed by atoms with Crippen LogP contribution in [0.2, 0.25) is 0 Å². The van der Waals surface area contributed by atoms with Crippen LogP contribution in [0.3, 0.4) is 0 Å². The molecule has 5 rings (SSSR count). The van der Waals surface area contributed by atoms with Crippen molar-refractivity contribution in [3.05, 3.63) is 41.3 Å². The van der Waals surface area contributed by atoms with E-state index < -0.39 is 11.6 Å². The molecule has 2 aliphatic heterocycles. The lowest BCUT2D eigenvalue weighted by molar-refractivity contribution is 0.0865. The molecule has 0 bridgehead atoms. The van der Waals surface area contributed by atoms with Gasteiger partial charge >= 0.3 is 0 Å². The molecule has 2 fully saturated rings. The van der Waals surface area contributed by atoms with E-state index in [0.717, 1.165) is 47.4 Å². The zero-order valence-electron chi connectivity index (χ0n) is 19.7. The summed E-state index contributed by atoms with van der Waals surface area (Å²) < 4.78 is 17.5. The SMILES string of the molecule is Cc1nc(N2CCC(O)C2)cc(-n2ncc3cc(C)c(C4(CSCl)CCN(C)CC4F)cc32)n1. The van der Waals surface area contributed by atoms with Gasteiger partial charge in [-0.25, -0.2) is 19.0 Å². The molecule has 0 amide bonds. The number of anilines is 1. The Hall–Kier alpha value is -1.94. The predicted molar refractivity (Wildman–Crippen MR) is 136 cm³/mol. The molecule has 1 N–H and O–H groups in total. The molecule has 182 valence electrons. The standard InChI is InChI=1S/C24H30ClFN6OS/c1-15-8-17-11-27-32(23-10-22(28-16(2)29-23)31-6-4-18(33)12-31)20(17)9-19(15)24(14-34-25)5-7-30(3)13-21(24)26/h8-11,18,21,33H,4-7,12-14H2,1-3H3. The minimum atomic E-state index is -1.01. The van der Waals surface area contributed by atoms with Crippen LogP contribution in [0.15, 0.2) is 24.4 Å². The Labute approximate surface area is 207 Å². The second-order valence-electron chi connectivity index (χ2n) is 9.69. The zero-order valence-corrected chi connectivity index (χ0v) is 21.3. The van der Waals surface area contributed by atoms with Gasteiger partial charge in [-0.1, -0.05) is 11.0 Å². The van der Waals surface area contributed by atoms with Crippen LogP contribution in [0.5, 0.6) is 0 Å². The van der Waals surface area contributed by atoms with Crippen molar-refractivity contribution in [1.29, 1.82) is 0 Å². The van der Waals surface area contributed by atoms with Gasteiger partial charge in [0.15, 0.2) is 5.82 Å². The smallest absolute Gasteiger partial charge is 0.159 e. The van der Waals surface area contributed by atoms with Crippen LogP contribution in [0, 0.1) is 13.8 Å². The lowest BCUT2D eigenvalue weighted by Crippen LogP contribution is -2.52. The van der Waals surface area contributed by atoms with Gasteiger partial charge < -0.3 is 14.9 Å². The van der Waals surface area contributed by atoms with E-state index >= 15 is 4.39 Å². The van der Waals surface area contributed by atoms with Gasteiger partial charge in [0.25, 0.3) is 0 Å². The van der Waals surface area contributed by atoms with Crippen molar-refractivity contribution in [2.24, 2.45) is 0 Å². The normalized spacial score (nSPS) is 26.0. The van der Waals surface area contributed by atoms with E-state index in [-0.39, 0.29) is 6.10 Å². The fourth-order valence-corrected chi connectivity index (χ4v) is 6.65. The van der Waals surface area contributed by atoms with E-state index in [2.05, 4.69) is 32.1 Å². The van der Waals surface area contributed by atoms with Gasteiger partial charge in [0.05, 0.1) is 17.8 Å². The Morgan fingerprint density at radius 3 is 2.68 bits per heavy atom. The number of piperidine rings is 1. The average molecular weight is 505 g/mol. The van der Waals surface area contributed by atoms with Gasteiger partial charge in [-0.3, -0.25) is 0 Å². The number of aryl methyl sites for hydroxylation is 2. The molecule has 0 aliphatic carbocycles. The van der Waals surface area contributed by atoms with Gasteiger partial charge in [-0.2, -0.15) is 5.10 Å². The average Bonchev–Trinajstić information content (AvgIpc) is 3.41. The lowest BCUT2D eigenvalue weighted by Gasteiger charge is -2.44. The summed E-state index contributed by atoms with van der Waals surface area (Å²) in [7, 11) is 9.29. The van der Waals surface area contributed by atoms with Crippen molar-refractivity contribution in [2.45, 2.75) is 44.4 Å². The van der Waals surface area contributed by atoms with Crippen LogP contribution in [0.4, 0.5) is 10.2 Å². The van der Waals surface area contributed by atoms with E-state index in [1.165, 1.54) is 11.0 Å². The monoisotopic (exact) mass is 504 g/mol. The largest absolute Gasteiger partial charge is 0.391 e. The number of halogens is 2. The molecule has 2 aliphatic rings. The van der Waals surface area contributed by atoms with Gasteiger partial charge in [0.2, 0.25) is 0 Å². The maximum atomic E-state index is 15.7. The Morgan fingerprint density at radius 2 is 1.97 bits per heavy atom. The highest BCUT2D eigenvalue weighted by atomic mass is 35.7. The number of aromatic nitrogens is 4. The second-order valence-corrected chi connectivity index (χ2v) is 10.9. The number of alkyl halides is 1. The van der Waals surface area contributed by atoms with Crippen molar-refractivity contribution < 1.29 is 9.50 Å². The first-order valence-electron chi connectivity index (χ1n) is 11.6. The Kier molecular flexibility index (Phi) is 6.48. The third-order valence-electron chi connectivity index (χ3n) is 7.29. The highest BCUT2D eigenvalue weighted by Crippen LogP contribution is 2.43. The predicted octanol–water partition coefficient (Wildman–Crippen LogP) is 3.80. The number of β-amino-alcohol motifs (C(OH)–C–C–N with tert-alkyl or cyclic N) is 1. The van der Waals surface area contributed by atoms with E-state index in [9.17, 15) is 5.11 Å². The number of aliphatic hydroxyl groups is 1. The molecular formula is C24H30ClFN6OS. The highest BCUT2D eigenvalue weighted by molar-refractivity contribution is 8.21. The summed E-state index contributed by atoms with van der Waals surface area (Å²) in [6.45, 7) is 6.44. The minimum Gasteiger partial charge on any atom is -0.391 e. The number of hydrogen-bond donors (Lipinski definition) is 1. The molecule has 3 aromatic rings. The molecule has 2 aromatic heterocycles. The Bertz CT molecular complexity index is 1210. The molecule has 0 spiro atoms. The van der Waals surface area contributed by atoms with Gasteiger partial charge in [-0.15, -0.1) is 0 Å². The van der Waals surface area contributed by atoms with Crippen molar-refractivity contribution in [3.63, 3.8) is 0 Å². The summed E-state index contributed by atoms with van der Waals surface area (Å²) in [5, 5.41) is 15.6. The number of benzene rings is 1. The second kappa shape index (κ2) is 9.26. The maximum Gasteiger partial charge on any atom is 0.159 e. The Balaban J connectivity index is 1.61. The van der Waals surface area contributed by atoms with E-state index in [1.807, 2.05) is 42.7 Å². The summed E-state index contributed by atoms with van der Waals surface area (Å²) in [5.41, 5.74) is 2.28. The number of fused-ring (bicyclic) bond motifs is 1. The molecule has 0 saturated carbocycles. The molecule has 10 heteroatoms. The first-order valence-corrected chi connectivity index (χ1v) is 13.5. The first-order chi connectivity index (χ1) is 16.3. The van der Waals surface area contributed by atoms with Gasteiger partial charge in [0, 0.05) is 42.3 Å². The molecule has 3 atom stereocenters. The van der Waals surface area contributed by atoms with Gasteiger partial charge in [-0.05, 0) is 74.2 Å². The number of hydrogen-bond acceptors (Lipinski definition) is 7. The molecular weight excluding hydrogens is 475 g/mol. The molecule has 4 heterocycles. The van der Waals surface area contributed by atoms with Crippen LogP contribution in [-0.2, 0) is 5.41 Å². The molecule has 7 nitrogen and oxygen atoms in total. The summed E-state index contributed by atoms with van der Waals surface area (Å²) in [6, 6.07) is 6.08. The van der Waals surface area contributed by atoms with Gasteiger partial charge in [0.1, 0.15) is 17.8 Å². The number of aliphatic hydroxyl groups excluding tert-OH is 1.